The van der Waals surface area contributed by atoms with Gasteiger partial charge in [-0.15, -0.1) is 11.3 Å². The Labute approximate surface area is 196 Å². The number of hydrogen-bond donors (Lipinski definition) is 1. The largest absolute Gasteiger partial charge is 0.449 e. The quantitative estimate of drug-likeness (QED) is 0.507. The molecule has 1 aromatic carbocycles. The molecule has 0 saturated carbocycles. The zero-order valence-electron chi connectivity index (χ0n) is 18.7. The first-order valence-corrected chi connectivity index (χ1v) is 13.1. The van der Waals surface area contributed by atoms with Crippen molar-refractivity contribution in [3.05, 3.63) is 58.7 Å². The van der Waals surface area contributed by atoms with E-state index in [4.69, 9.17) is 4.74 Å². The molecule has 0 aliphatic carbocycles. The minimum Gasteiger partial charge on any atom is -0.449 e. The minimum absolute atomic E-state index is 0.0314. The Morgan fingerprint density at radius 2 is 2.15 bits per heavy atom. The third kappa shape index (κ3) is 4.81. The van der Waals surface area contributed by atoms with Crippen LogP contribution >= 0.6 is 11.3 Å². The smallest absolute Gasteiger partial charge is 0.421 e. The number of amides is 1. The van der Waals surface area contributed by atoms with Crippen LogP contribution in [0.3, 0.4) is 0 Å². The molecule has 1 N–H and O–H groups in total. The zero-order chi connectivity index (χ0) is 23.8. The molecule has 0 radical (unpaired) electrons. The molecule has 2 aromatic heterocycles. The Balaban J connectivity index is 1.73. The fourth-order valence-corrected chi connectivity index (χ4v) is 6.98. The Morgan fingerprint density at radius 3 is 2.85 bits per heavy atom. The molecular formula is C23H26FN3O4S2. The second-order valence-electron chi connectivity index (χ2n) is 8.38. The number of nitrogens with one attached hydrogen (secondary N) is 1. The maximum atomic E-state index is 15.3. The molecule has 0 saturated heterocycles. The van der Waals surface area contributed by atoms with Gasteiger partial charge in [0, 0.05) is 34.8 Å². The first-order chi connectivity index (χ1) is 15.7. The highest BCUT2D eigenvalue weighted by molar-refractivity contribution is 7.92. The van der Waals surface area contributed by atoms with Gasteiger partial charge in [0.05, 0.1) is 12.6 Å². The van der Waals surface area contributed by atoms with Crippen molar-refractivity contribution in [2.24, 2.45) is 5.92 Å². The maximum Gasteiger partial charge on any atom is 0.421 e. The van der Waals surface area contributed by atoms with Gasteiger partial charge in [-0.3, -0.25) is 0 Å². The number of aryl methyl sites for hydroxylation is 1. The highest BCUT2D eigenvalue weighted by Gasteiger charge is 2.29. The summed E-state index contributed by atoms with van der Waals surface area (Å²) in [6.07, 6.45) is 4.73. The van der Waals surface area contributed by atoms with Crippen molar-refractivity contribution in [2.45, 2.75) is 50.3 Å². The van der Waals surface area contributed by atoms with E-state index in [0.717, 1.165) is 34.9 Å². The molecule has 1 aliphatic rings. The Morgan fingerprint density at radius 1 is 1.36 bits per heavy atom. The van der Waals surface area contributed by atoms with Gasteiger partial charge >= 0.3 is 6.09 Å². The van der Waals surface area contributed by atoms with E-state index in [2.05, 4.69) is 4.98 Å². The number of aromatic nitrogens is 2. The van der Waals surface area contributed by atoms with Crippen molar-refractivity contribution >= 4 is 27.5 Å². The molecule has 0 unspecified atom stereocenters. The lowest BCUT2D eigenvalue weighted by molar-refractivity contribution is 0.158. The molecule has 176 valence electrons. The van der Waals surface area contributed by atoms with Crippen LogP contribution in [0.25, 0.3) is 11.1 Å². The first kappa shape index (κ1) is 23.4. The second-order valence-corrected chi connectivity index (χ2v) is 11.4. The van der Waals surface area contributed by atoms with Crippen molar-refractivity contribution in [1.82, 2.24) is 14.3 Å². The summed E-state index contributed by atoms with van der Waals surface area (Å²) in [6, 6.07) is 6.44. The standard InChI is InChI=1S/C23H26FN3O4S2/c1-4-31-23(28)26-33(29,30)22-18(13-16(32-22)11-14(2)3)15-5-6-17(19(24)12-15)20-7-8-21-25-9-10-27(20)21/h5-6,9-10,12-14,20H,4,7-8,11H2,1-3H3,(H,26,28)/t20-/m0/s1. The number of benzene rings is 1. The van der Waals surface area contributed by atoms with Crippen LogP contribution in [-0.2, 0) is 27.6 Å². The fourth-order valence-electron chi connectivity index (χ4n) is 4.14. The number of imidazole rings is 1. The lowest BCUT2D eigenvalue weighted by Crippen LogP contribution is -2.30. The van der Waals surface area contributed by atoms with E-state index in [0.29, 0.717) is 29.0 Å². The number of carbonyl (C=O) groups is 1. The predicted molar refractivity (Wildman–Crippen MR) is 124 cm³/mol. The van der Waals surface area contributed by atoms with Crippen molar-refractivity contribution < 1.29 is 22.3 Å². The summed E-state index contributed by atoms with van der Waals surface area (Å²) in [6.45, 7) is 5.70. The van der Waals surface area contributed by atoms with Gasteiger partial charge in [-0.1, -0.05) is 26.0 Å². The van der Waals surface area contributed by atoms with Crippen LogP contribution in [0.2, 0.25) is 0 Å². The monoisotopic (exact) mass is 491 g/mol. The summed E-state index contributed by atoms with van der Waals surface area (Å²) in [5.74, 6) is 0.825. The van der Waals surface area contributed by atoms with E-state index in [9.17, 15) is 13.2 Å². The number of ether oxygens (including phenoxy) is 1. The average Bonchev–Trinajstić information content (AvgIpc) is 3.43. The number of carbonyl (C=O) groups excluding carboxylic acids is 1. The molecule has 1 aliphatic heterocycles. The third-order valence-electron chi connectivity index (χ3n) is 5.49. The Bertz CT molecular complexity index is 1280. The number of nitrogens with zero attached hydrogens (tertiary/aromatic N) is 2. The number of hydrogen-bond acceptors (Lipinski definition) is 6. The average molecular weight is 492 g/mol. The number of fused-ring (bicyclic) bond motifs is 1. The molecule has 7 nitrogen and oxygen atoms in total. The first-order valence-electron chi connectivity index (χ1n) is 10.8. The SMILES string of the molecule is CCOC(=O)NS(=O)(=O)c1sc(CC(C)C)cc1-c1ccc([C@@H]2CCc3nccn32)c(F)c1. The summed E-state index contributed by atoms with van der Waals surface area (Å²) in [5.41, 5.74) is 1.35. The van der Waals surface area contributed by atoms with Crippen molar-refractivity contribution in [3.63, 3.8) is 0 Å². The number of thiophene rings is 1. The molecule has 1 atom stereocenters. The predicted octanol–water partition coefficient (Wildman–Crippen LogP) is 4.92. The van der Waals surface area contributed by atoms with Gasteiger partial charge in [-0.25, -0.2) is 27.3 Å². The maximum absolute atomic E-state index is 15.3. The Kier molecular flexibility index (Phi) is 6.58. The van der Waals surface area contributed by atoms with Gasteiger partial charge in [0.25, 0.3) is 10.0 Å². The van der Waals surface area contributed by atoms with Crippen LogP contribution in [0.5, 0.6) is 0 Å². The van der Waals surface area contributed by atoms with Gasteiger partial charge in [0.15, 0.2) is 0 Å². The van der Waals surface area contributed by atoms with Gasteiger partial charge in [-0.05, 0) is 43.4 Å². The summed E-state index contributed by atoms with van der Waals surface area (Å²) >= 11 is 1.08. The number of sulfonamides is 1. The van der Waals surface area contributed by atoms with E-state index in [1.165, 1.54) is 6.07 Å². The molecule has 4 rings (SSSR count). The molecule has 10 heteroatoms. The van der Waals surface area contributed by atoms with E-state index in [-0.39, 0.29) is 16.9 Å². The molecule has 1 amide bonds. The molecule has 0 spiro atoms. The van der Waals surface area contributed by atoms with Crippen LogP contribution in [0, 0.1) is 11.7 Å². The summed E-state index contributed by atoms with van der Waals surface area (Å²) in [7, 11) is -4.19. The molecule has 3 heterocycles. The molecule has 0 fully saturated rings. The minimum atomic E-state index is -4.19. The molecule has 0 bridgehead atoms. The summed E-state index contributed by atoms with van der Waals surface area (Å²) in [4.78, 5) is 17.0. The summed E-state index contributed by atoms with van der Waals surface area (Å²) in [5, 5.41) is 0. The molecular weight excluding hydrogens is 465 g/mol. The van der Waals surface area contributed by atoms with Gasteiger partial charge in [0.1, 0.15) is 15.9 Å². The highest BCUT2D eigenvalue weighted by Crippen LogP contribution is 2.39. The zero-order valence-corrected chi connectivity index (χ0v) is 20.3. The van der Waals surface area contributed by atoms with Crippen LogP contribution < -0.4 is 4.72 Å². The lowest BCUT2D eigenvalue weighted by Gasteiger charge is -2.15. The van der Waals surface area contributed by atoms with E-state index in [1.54, 1.807) is 31.3 Å². The van der Waals surface area contributed by atoms with E-state index < -0.39 is 21.9 Å². The second kappa shape index (κ2) is 9.26. The van der Waals surface area contributed by atoms with Crippen LogP contribution in [-0.4, -0.2) is 30.7 Å². The molecule has 33 heavy (non-hydrogen) atoms. The van der Waals surface area contributed by atoms with E-state index in [1.807, 2.05) is 29.3 Å². The third-order valence-corrected chi connectivity index (χ3v) is 8.50. The van der Waals surface area contributed by atoms with E-state index >= 15 is 4.39 Å². The van der Waals surface area contributed by atoms with Gasteiger partial charge in [-0.2, -0.15) is 0 Å². The van der Waals surface area contributed by atoms with Crippen LogP contribution in [0.15, 0.2) is 40.9 Å². The topological polar surface area (TPSA) is 90.3 Å². The van der Waals surface area contributed by atoms with Gasteiger partial charge < -0.3 is 9.30 Å². The highest BCUT2D eigenvalue weighted by atomic mass is 32.2. The van der Waals surface area contributed by atoms with Crippen molar-refractivity contribution in [2.75, 3.05) is 6.61 Å². The molecule has 3 aromatic rings. The van der Waals surface area contributed by atoms with Crippen molar-refractivity contribution in [1.29, 1.82) is 0 Å². The Hall–Kier alpha value is -2.72. The van der Waals surface area contributed by atoms with Crippen molar-refractivity contribution in [3.8, 4) is 11.1 Å². The summed E-state index contributed by atoms with van der Waals surface area (Å²) < 4.78 is 49.8. The number of halogens is 1. The van der Waals surface area contributed by atoms with Gasteiger partial charge in [0.2, 0.25) is 0 Å². The normalized spacial score (nSPS) is 15.6. The number of rotatable bonds is 7. The van der Waals surface area contributed by atoms with Crippen LogP contribution in [0.1, 0.15) is 49.5 Å². The van der Waals surface area contributed by atoms with Crippen LogP contribution in [0.4, 0.5) is 9.18 Å². The lowest BCUT2D eigenvalue weighted by atomic mass is 9.99. The fraction of sp³-hybridized carbons (Fsp3) is 0.391.